The molecule has 0 radical (unpaired) electrons. The van der Waals surface area contributed by atoms with E-state index in [9.17, 15) is 8.42 Å². The molecule has 3 aromatic rings. The molecule has 2 aromatic heterocycles. The van der Waals surface area contributed by atoms with Gasteiger partial charge in [0.2, 0.25) is 10.0 Å². The van der Waals surface area contributed by atoms with Crippen molar-refractivity contribution in [3.05, 3.63) is 30.1 Å². The molecule has 8 heteroatoms. The Morgan fingerprint density at radius 3 is 2.74 bits per heavy atom. The van der Waals surface area contributed by atoms with Crippen molar-refractivity contribution in [2.75, 3.05) is 18.5 Å². The molecule has 0 saturated heterocycles. The summed E-state index contributed by atoms with van der Waals surface area (Å²) in [6.07, 6.45) is 1.23. The largest absolute Gasteiger partial charge is 0.382 e. The average Bonchev–Trinajstić information content (AvgIpc) is 2.87. The highest BCUT2D eigenvalue weighted by molar-refractivity contribution is 7.88. The number of para-hydroxylation sites is 1. The number of sulfonamides is 1. The van der Waals surface area contributed by atoms with Crippen LogP contribution in [0.4, 0.5) is 5.82 Å². The zero-order valence-electron chi connectivity index (χ0n) is 12.9. The highest BCUT2D eigenvalue weighted by Crippen LogP contribution is 2.34. The quantitative estimate of drug-likeness (QED) is 0.729. The van der Waals surface area contributed by atoms with Gasteiger partial charge in [0.05, 0.1) is 23.8 Å². The molecule has 0 saturated carbocycles. The lowest BCUT2D eigenvalue weighted by Crippen LogP contribution is -2.39. The molecule has 1 aliphatic rings. The Morgan fingerprint density at radius 1 is 1.26 bits per heavy atom. The molecule has 0 spiro atoms. The van der Waals surface area contributed by atoms with Gasteiger partial charge in [-0.15, -0.1) is 0 Å². The molecule has 0 aliphatic carbocycles. The van der Waals surface area contributed by atoms with Crippen molar-refractivity contribution in [3.63, 3.8) is 0 Å². The number of hydrogen-bond acceptors (Lipinski definition) is 5. The Labute approximate surface area is 133 Å². The maximum absolute atomic E-state index is 11.9. The van der Waals surface area contributed by atoms with Crippen LogP contribution in [0.15, 0.2) is 24.3 Å². The number of nitrogens with two attached hydrogens (primary N) is 1. The number of nitrogen functional groups attached to an aromatic ring is 1. The smallest absolute Gasteiger partial charge is 0.211 e. The van der Waals surface area contributed by atoms with Gasteiger partial charge in [0.25, 0.3) is 0 Å². The second-order valence-corrected chi connectivity index (χ2v) is 8.00. The van der Waals surface area contributed by atoms with Gasteiger partial charge in [0.1, 0.15) is 11.3 Å². The van der Waals surface area contributed by atoms with E-state index in [1.165, 1.54) is 10.6 Å². The predicted octanol–water partition coefficient (Wildman–Crippen LogP) is 1.50. The van der Waals surface area contributed by atoms with Crippen molar-refractivity contribution < 1.29 is 8.42 Å². The van der Waals surface area contributed by atoms with Crippen LogP contribution < -0.4 is 5.73 Å². The van der Waals surface area contributed by atoms with Gasteiger partial charge >= 0.3 is 0 Å². The second kappa shape index (κ2) is 4.65. The molecular formula is C15H17N5O2S. The maximum atomic E-state index is 11.9. The highest BCUT2D eigenvalue weighted by atomic mass is 32.2. The maximum Gasteiger partial charge on any atom is 0.211 e. The van der Waals surface area contributed by atoms with Crippen molar-refractivity contribution in [2.45, 2.75) is 19.5 Å². The fourth-order valence-electron chi connectivity index (χ4n) is 3.31. The molecule has 120 valence electrons. The Balaban J connectivity index is 2.05. The summed E-state index contributed by atoms with van der Waals surface area (Å²) < 4.78 is 27.3. The van der Waals surface area contributed by atoms with Crippen molar-refractivity contribution >= 4 is 37.8 Å². The SMILES string of the molecule is C[C@@H]1CN(S(C)(=O)=O)Cc2nc3c(N)nc4ccccc4c3n21. The van der Waals surface area contributed by atoms with E-state index in [1.807, 2.05) is 31.2 Å². The van der Waals surface area contributed by atoms with Crippen LogP contribution in [0.1, 0.15) is 18.8 Å². The summed E-state index contributed by atoms with van der Waals surface area (Å²) >= 11 is 0. The Bertz CT molecular complexity index is 1040. The third kappa shape index (κ3) is 2.09. The number of nitrogens with zero attached hydrogens (tertiary/aromatic N) is 4. The van der Waals surface area contributed by atoms with Crippen LogP contribution in [0.2, 0.25) is 0 Å². The summed E-state index contributed by atoms with van der Waals surface area (Å²) in [5.74, 6) is 1.08. The number of rotatable bonds is 1. The third-order valence-electron chi connectivity index (χ3n) is 4.32. The lowest BCUT2D eigenvalue weighted by molar-refractivity contribution is 0.298. The van der Waals surface area contributed by atoms with Crippen LogP contribution in [0.5, 0.6) is 0 Å². The van der Waals surface area contributed by atoms with E-state index in [1.54, 1.807) is 0 Å². The van der Waals surface area contributed by atoms with Crippen LogP contribution in [0.25, 0.3) is 21.9 Å². The molecule has 2 N–H and O–H groups in total. The van der Waals surface area contributed by atoms with Gasteiger partial charge in [-0.25, -0.2) is 18.4 Å². The number of anilines is 1. The Hall–Kier alpha value is -2.19. The highest BCUT2D eigenvalue weighted by Gasteiger charge is 2.31. The molecule has 23 heavy (non-hydrogen) atoms. The third-order valence-corrected chi connectivity index (χ3v) is 5.54. The minimum absolute atomic E-state index is 0.0244. The first-order valence-electron chi connectivity index (χ1n) is 7.36. The zero-order valence-corrected chi connectivity index (χ0v) is 13.7. The molecule has 7 nitrogen and oxygen atoms in total. The van der Waals surface area contributed by atoms with Gasteiger partial charge < -0.3 is 10.3 Å². The average molecular weight is 331 g/mol. The lowest BCUT2D eigenvalue weighted by Gasteiger charge is -2.31. The first kappa shape index (κ1) is 14.4. The van der Waals surface area contributed by atoms with Crippen LogP contribution in [0, 0.1) is 0 Å². The van der Waals surface area contributed by atoms with Crippen molar-refractivity contribution in [1.82, 2.24) is 18.8 Å². The zero-order chi connectivity index (χ0) is 16.4. The number of benzene rings is 1. The van der Waals surface area contributed by atoms with E-state index in [0.29, 0.717) is 23.7 Å². The normalized spacial score (nSPS) is 19.3. The molecule has 1 aromatic carbocycles. The fourth-order valence-corrected chi connectivity index (χ4v) is 4.14. The summed E-state index contributed by atoms with van der Waals surface area (Å²) in [5, 5.41) is 0.982. The summed E-state index contributed by atoms with van der Waals surface area (Å²) in [5.41, 5.74) is 8.47. The standard InChI is InChI=1S/C15H17N5O2S/c1-9-7-19(23(2,21)22)8-12-18-13-14(20(9)12)10-5-3-4-6-11(10)17-15(13)16/h3-6,9H,7-8H2,1-2H3,(H2,16,17)/t9-/m1/s1. The molecule has 4 rings (SSSR count). The molecule has 1 aliphatic heterocycles. The molecule has 0 amide bonds. The van der Waals surface area contributed by atoms with Gasteiger partial charge in [-0.2, -0.15) is 4.31 Å². The van der Waals surface area contributed by atoms with E-state index in [0.717, 1.165) is 16.4 Å². The molecule has 0 fully saturated rings. The van der Waals surface area contributed by atoms with Gasteiger partial charge in [-0.3, -0.25) is 0 Å². The van der Waals surface area contributed by atoms with Crippen LogP contribution in [-0.2, 0) is 16.6 Å². The van der Waals surface area contributed by atoms with Gasteiger partial charge in [0.15, 0.2) is 5.82 Å². The number of fused-ring (bicyclic) bond motifs is 5. The summed E-state index contributed by atoms with van der Waals surface area (Å²) in [4.78, 5) is 9.00. The first-order chi connectivity index (χ1) is 10.9. The monoisotopic (exact) mass is 331 g/mol. The lowest BCUT2D eigenvalue weighted by atomic mass is 10.1. The Kier molecular flexibility index (Phi) is 2.91. The number of pyridine rings is 1. The number of imidazole rings is 1. The van der Waals surface area contributed by atoms with Gasteiger partial charge in [-0.1, -0.05) is 18.2 Å². The van der Waals surface area contributed by atoms with Crippen molar-refractivity contribution in [1.29, 1.82) is 0 Å². The van der Waals surface area contributed by atoms with E-state index in [2.05, 4.69) is 14.5 Å². The first-order valence-corrected chi connectivity index (χ1v) is 9.21. The molecule has 1 atom stereocenters. The number of aromatic nitrogens is 3. The van der Waals surface area contributed by atoms with E-state index < -0.39 is 10.0 Å². The van der Waals surface area contributed by atoms with E-state index in [-0.39, 0.29) is 12.6 Å². The minimum Gasteiger partial charge on any atom is -0.382 e. The molecular weight excluding hydrogens is 314 g/mol. The summed E-state index contributed by atoms with van der Waals surface area (Å²) in [6.45, 7) is 2.67. The minimum atomic E-state index is -3.26. The molecule has 0 unspecified atom stereocenters. The van der Waals surface area contributed by atoms with Crippen LogP contribution >= 0.6 is 0 Å². The van der Waals surface area contributed by atoms with Gasteiger partial charge in [-0.05, 0) is 13.0 Å². The number of hydrogen-bond donors (Lipinski definition) is 1. The van der Waals surface area contributed by atoms with Crippen molar-refractivity contribution in [3.8, 4) is 0 Å². The summed E-state index contributed by atoms with van der Waals surface area (Å²) in [6, 6.07) is 7.76. The van der Waals surface area contributed by atoms with E-state index >= 15 is 0 Å². The van der Waals surface area contributed by atoms with Crippen molar-refractivity contribution in [2.24, 2.45) is 0 Å². The topological polar surface area (TPSA) is 94.1 Å². The molecule has 3 heterocycles. The van der Waals surface area contributed by atoms with Gasteiger partial charge in [0, 0.05) is 18.0 Å². The fraction of sp³-hybridized carbons (Fsp3) is 0.333. The van der Waals surface area contributed by atoms with Crippen LogP contribution in [0.3, 0.4) is 0 Å². The van der Waals surface area contributed by atoms with Crippen LogP contribution in [-0.4, -0.2) is 40.1 Å². The second-order valence-electron chi connectivity index (χ2n) is 6.01. The predicted molar refractivity (Wildman–Crippen MR) is 89.4 cm³/mol. The Morgan fingerprint density at radius 2 is 2.00 bits per heavy atom. The van der Waals surface area contributed by atoms with E-state index in [4.69, 9.17) is 5.73 Å². The molecule has 0 bridgehead atoms. The summed E-state index contributed by atoms with van der Waals surface area (Å²) in [7, 11) is -3.26.